The fraction of sp³-hybridized carbons (Fsp3) is 0.231. The maximum atomic E-state index is 11.3. The van der Waals surface area contributed by atoms with Crippen molar-refractivity contribution in [2.45, 2.75) is 19.3 Å². The summed E-state index contributed by atoms with van der Waals surface area (Å²) in [6, 6.07) is 11.0. The molecular formula is C13H14N2O. The van der Waals surface area contributed by atoms with Gasteiger partial charge >= 0.3 is 0 Å². The molecule has 0 aliphatic heterocycles. The molecule has 0 saturated carbocycles. The van der Waals surface area contributed by atoms with Gasteiger partial charge in [0.25, 0.3) is 0 Å². The molecule has 1 N–H and O–H groups in total. The number of hydrogen-bond donors (Lipinski definition) is 1. The molecule has 3 nitrogen and oxygen atoms in total. The second-order valence-corrected chi connectivity index (χ2v) is 4.27. The molecular weight excluding hydrogens is 200 g/mol. The fourth-order valence-electron chi connectivity index (χ4n) is 1.68. The van der Waals surface area contributed by atoms with Gasteiger partial charge in [0.2, 0.25) is 5.56 Å². The highest BCUT2D eigenvalue weighted by molar-refractivity contribution is 5.28. The van der Waals surface area contributed by atoms with Crippen LogP contribution in [0.15, 0.2) is 47.4 Å². The standard InChI is InChI=1S/C13H14N2O/c1-13(2,10-6-3-4-9-14-10)11-7-5-8-12(16)15-11/h3-9H,1-2H3,(H,15,16). The quantitative estimate of drug-likeness (QED) is 0.832. The Balaban J connectivity index is 2.51. The molecule has 0 fully saturated rings. The van der Waals surface area contributed by atoms with Crippen molar-refractivity contribution < 1.29 is 0 Å². The summed E-state index contributed by atoms with van der Waals surface area (Å²) >= 11 is 0. The van der Waals surface area contributed by atoms with Gasteiger partial charge in [-0.1, -0.05) is 12.1 Å². The number of pyridine rings is 2. The van der Waals surface area contributed by atoms with E-state index in [2.05, 4.69) is 9.97 Å². The molecule has 0 saturated heterocycles. The number of nitrogens with one attached hydrogen (secondary N) is 1. The molecule has 0 bridgehead atoms. The minimum absolute atomic E-state index is 0.0819. The third-order valence-electron chi connectivity index (χ3n) is 2.75. The molecule has 2 aromatic rings. The van der Waals surface area contributed by atoms with Crippen molar-refractivity contribution in [3.63, 3.8) is 0 Å². The smallest absolute Gasteiger partial charge is 0.248 e. The molecule has 0 radical (unpaired) electrons. The van der Waals surface area contributed by atoms with Gasteiger partial charge in [-0.3, -0.25) is 9.78 Å². The van der Waals surface area contributed by atoms with Crippen molar-refractivity contribution in [3.05, 3.63) is 64.3 Å². The Hall–Kier alpha value is -1.90. The zero-order chi connectivity index (χ0) is 11.6. The lowest BCUT2D eigenvalue weighted by Gasteiger charge is -2.23. The van der Waals surface area contributed by atoms with Gasteiger partial charge < -0.3 is 4.98 Å². The summed E-state index contributed by atoms with van der Waals surface area (Å²) < 4.78 is 0. The van der Waals surface area contributed by atoms with E-state index >= 15 is 0 Å². The zero-order valence-corrected chi connectivity index (χ0v) is 9.40. The molecule has 2 aromatic heterocycles. The van der Waals surface area contributed by atoms with Gasteiger partial charge in [0, 0.05) is 23.4 Å². The lowest BCUT2D eigenvalue weighted by Crippen LogP contribution is -2.24. The molecule has 0 aliphatic carbocycles. The Morgan fingerprint density at radius 3 is 2.56 bits per heavy atom. The highest BCUT2D eigenvalue weighted by Crippen LogP contribution is 2.27. The van der Waals surface area contributed by atoms with Crippen LogP contribution in [0.2, 0.25) is 0 Å². The van der Waals surface area contributed by atoms with Crippen LogP contribution >= 0.6 is 0 Å². The Labute approximate surface area is 94.2 Å². The van der Waals surface area contributed by atoms with Gasteiger partial charge in [-0.15, -0.1) is 0 Å². The normalized spacial score (nSPS) is 11.4. The minimum Gasteiger partial charge on any atom is -0.325 e. The van der Waals surface area contributed by atoms with E-state index in [1.165, 1.54) is 6.07 Å². The molecule has 0 aliphatic rings. The van der Waals surface area contributed by atoms with Crippen LogP contribution in [0, 0.1) is 0 Å². The number of rotatable bonds is 2. The van der Waals surface area contributed by atoms with E-state index in [9.17, 15) is 4.79 Å². The first-order valence-corrected chi connectivity index (χ1v) is 5.22. The summed E-state index contributed by atoms with van der Waals surface area (Å²) in [5.41, 5.74) is 1.44. The summed E-state index contributed by atoms with van der Waals surface area (Å²) in [6.07, 6.45) is 1.76. The lowest BCUT2D eigenvalue weighted by atomic mass is 9.85. The maximum absolute atomic E-state index is 11.3. The third-order valence-corrected chi connectivity index (χ3v) is 2.75. The predicted molar refractivity (Wildman–Crippen MR) is 63.4 cm³/mol. The average Bonchev–Trinajstić information content (AvgIpc) is 2.30. The molecule has 82 valence electrons. The SMILES string of the molecule is CC(C)(c1ccccn1)c1cccc(=O)[nH]1. The largest absolute Gasteiger partial charge is 0.325 e. The first kappa shape index (κ1) is 10.6. The summed E-state index contributed by atoms with van der Waals surface area (Å²) in [6.45, 7) is 4.08. The first-order chi connectivity index (χ1) is 7.60. The Kier molecular flexibility index (Phi) is 2.60. The topological polar surface area (TPSA) is 45.8 Å². The summed E-state index contributed by atoms with van der Waals surface area (Å²) in [5, 5.41) is 0. The van der Waals surface area contributed by atoms with E-state index in [-0.39, 0.29) is 11.0 Å². The fourth-order valence-corrected chi connectivity index (χ4v) is 1.68. The number of H-pyrrole nitrogens is 1. The summed E-state index contributed by atoms with van der Waals surface area (Å²) in [5.74, 6) is 0. The molecule has 0 spiro atoms. The number of hydrogen-bond acceptors (Lipinski definition) is 2. The van der Waals surface area contributed by atoms with Crippen molar-refractivity contribution >= 4 is 0 Å². The Morgan fingerprint density at radius 2 is 1.94 bits per heavy atom. The van der Waals surface area contributed by atoms with Gasteiger partial charge in [-0.25, -0.2) is 0 Å². The first-order valence-electron chi connectivity index (χ1n) is 5.22. The van der Waals surface area contributed by atoms with Crippen molar-refractivity contribution in [1.29, 1.82) is 0 Å². The van der Waals surface area contributed by atoms with Crippen LogP contribution in [0.25, 0.3) is 0 Å². The number of nitrogens with zero attached hydrogens (tertiary/aromatic N) is 1. The molecule has 3 heteroatoms. The maximum Gasteiger partial charge on any atom is 0.248 e. The van der Waals surface area contributed by atoms with E-state index in [1.54, 1.807) is 12.3 Å². The molecule has 2 rings (SSSR count). The van der Waals surface area contributed by atoms with Gasteiger partial charge in [0.1, 0.15) is 0 Å². The van der Waals surface area contributed by atoms with Gasteiger partial charge in [0.05, 0.1) is 5.69 Å². The van der Waals surface area contributed by atoms with E-state index in [0.717, 1.165) is 11.4 Å². The predicted octanol–water partition coefficient (Wildman–Crippen LogP) is 2.10. The molecule has 0 atom stereocenters. The van der Waals surface area contributed by atoms with Crippen molar-refractivity contribution in [2.24, 2.45) is 0 Å². The highest BCUT2D eigenvalue weighted by atomic mass is 16.1. The second-order valence-electron chi connectivity index (χ2n) is 4.27. The lowest BCUT2D eigenvalue weighted by molar-refractivity contribution is 0.593. The van der Waals surface area contributed by atoms with Crippen LogP contribution in [-0.2, 0) is 5.41 Å². The van der Waals surface area contributed by atoms with Crippen LogP contribution in [0.1, 0.15) is 25.2 Å². The highest BCUT2D eigenvalue weighted by Gasteiger charge is 2.24. The number of aromatic nitrogens is 2. The molecule has 2 heterocycles. The van der Waals surface area contributed by atoms with Crippen LogP contribution < -0.4 is 5.56 Å². The molecule has 0 aromatic carbocycles. The Morgan fingerprint density at radius 1 is 1.12 bits per heavy atom. The van der Waals surface area contributed by atoms with E-state index < -0.39 is 0 Å². The zero-order valence-electron chi connectivity index (χ0n) is 9.40. The second kappa shape index (κ2) is 3.93. The van der Waals surface area contributed by atoms with Crippen LogP contribution in [0.3, 0.4) is 0 Å². The van der Waals surface area contributed by atoms with Crippen LogP contribution in [-0.4, -0.2) is 9.97 Å². The Bertz CT molecular complexity index is 529. The van der Waals surface area contributed by atoms with Gasteiger partial charge in [-0.05, 0) is 32.0 Å². The van der Waals surface area contributed by atoms with Crippen LogP contribution in [0.5, 0.6) is 0 Å². The summed E-state index contributed by atoms with van der Waals surface area (Å²) in [4.78, 5) is 18.5. The molecule has 0 amide bonds. The third kappa shape index (κ3) is 1.89. The summed E-state index contributed by atoms with van der Waals surface area (Å²) in [7, 11) is 0. The average molecular weight is 214 g/mol. The van der Waals surface area contributed by atoms with Crippen molar-refractivity contribution in [1.82, 2.24) is 9.97 Å². The minimum atomic E-state index is -0.290. The molecule has 16 heavy (non-hydrogen) atoms. The van der Waals surface area contributed by atoms with E-state index in [1.807, 2.05) is 38.1 Å². The molecule has 0 unspecified atom stereocenters. The van der Waals surface area contributed by atoms with Gasteiger partial charge in [-0.2, -0.15) is 0 Å². The van der Waals surface area contributed by atoms with E-state index in [0.29, 0.717) is 0 Å². The van der Waals surface area contributed by atoms with Gasteiger partial charge in [0.15, 0.2) is 0 Å². The monoisotopic (exact) mass is 214 g/mol. The number of aromatic amines is 1. The van der Waals surface area contributed by atoms with Crippen molar-refractivity contribution in [2.75, 3.05) is 0 Å². The van der Waals surface area contributed by atoms with Crippen LogP contribution in [0.4, 0.5) is 0 Å². The van der Waals surface area contributed by atoms with E-state index in [4.69, 9.17) is 0 Å². The van der Waals surface area contributed by atoms with Crippen molar-refractivity contribution in [3.8, 4) is 0 Å².